The van der Waals surface area contributed by atoms with E-state index in [0.717, 1.165) is 10.0 Å². The van der Waals surface area contributed by atoms with Crippen LogP contribution in [0.5, 0.6) is 0 Å². The maximum absolute atomic E-state index is 11.3. The van der Waals surface area contributed by atoms with Crippen LogP contribution in [0.3, 0.4) is 0 Å². The van der Waals surface area contributed by atoms with Gasteiger partial charge in [0.15, 0.2) is 5.78 Å². The summed E-state index contributed by atoms with van der Waals surface area (Å²) >= 11 is 3.31. The van der Waals surface area contributed by atoms with Crippen molar-refractivity contribution >= 4 is 33.8 Å². The first-order chi connectivity index (χ1) is 7.54. The number of benzene rings is 1. The number of Topliss-reactive ketones (excluding diaryl/α,β-unsaturated/α-hetero) is 1. The van der Waals surface area contributed by atoms with Crippen molar-refractivity contribution in [2.45, 2.75) is 6.92 Å². The Labute approximate surface area is 102 Å². The number of ketones is 1. The molecule has 0 fully saturated rings. The highest BCUT2D eigenvalue weighted by Crippen LogP contribution is 2.15. The molecule has 3 nitrogen and oxygen atoms in total. The van der Waals surface area contributed by atoms with E-state index in [4.69, 9.17) is 0 Å². The molecule has 0 atom stereocenters. The number of ether oxygens (including phenoxy) is 1. The van der Waals surface area contributed by atoms with Gasteiger partial charge in [0.05, 0.1) is 7.11 Å². The van der Waals surface area contributed by atoms with Gasteiger partial charge in [-0.3, -0.25) is 4.79 Å². The number of carbonyl (C=O) groups is 2. The van der Waals surface area contributed by atoms with Crippen LogP contribution in [0, 0.1) is 0 Å². The van der Waals surface area contributed by atoms with Crippen LogP contribution in [0.25, 0.3) is 6.08 Å². The lowest BCUT2D eigenvalue weighted by Gasteiger charge is -2.01. The van der Waals surface area contributed by atoms with Crippen molar-refractivity contribution in [2.24, 2.45) is 0 Å². The summed E-state index contributed by atoms with van der Waals surface area (Å²) in [5.41, 5.74) is 0.811. The number of halogens is 1. The Morgan fingerprint density at radius 2 is 2.06 bits per heavy atom. The van der Waals surface area contributed by atoms with E-state index in [1.807, 2.05) is 18.2 Å². The van der Waals surface area contributed by atoms with Gasteiger partial charge in [0.25, 0.3) is 0 Å². The molecule has 0 saturated carbocycles. The minimum Gasteiger partial charge on any atom is -0.465 e. The number of esters is 1. The summed E-state index contributed by atoms with van der Waals surface area (Å²) in [6.07, 6.45) is 1.51. The van der Waals surface area contributed by atoms with E-state index < -0.39 is 5.97 Å². The lowest BCUT2D eigenvalue weighted by molar-refractivity contribution is -0.137. The first-order valence-electron chi connectivity index (χ1n) is 4.61. The molecular formula is C12H11BrO3. The number of methoxy groups -OCH3 is 1. The van der Waals surface area contributed by atoms with Gasteiger partial charge in [-0.2, -0.15) is 0 Å². The summed E-state index contributed by atoms with van der Waals surface area (Å²) < 4.78 is 5.42. The number of rotatable bonds is 3. The predicted octanol–water partition coefficient (Wildman–Crippen LogP) is 2.59. The highest BCUT2D eigenvalue weighted by Gasteiger charge is 2.14. The summed E-state index contributed by atoms with van der Waals surface area (Å²) in [4.78, 5) is 22.6. The molecule has 1 rings (SSSR count). The SMILES string of the molecule is COC(=O)/C(=C/c1cccc(Br)c1)C(C)=O. The molecule has 0 bridgehead atoms. The van der Waals surface area contributed by atoms with Crippen LogP contribution in [0.4, 0.5) is 0 Å². The molecule has 0 amide bonds. The second-order valence-corrected chi connectivity index (χ2v) is 4.08. The minimum absolute atomic E-state index is 0.0422. The Balaban J connectivity index is 3.12. The molecule has 0 aliphatic heterocycles. The quantitative estimate of drug-likeness (QED) is 0.370. The first-order valence-corrected chi connectivity index (χ1v) is 5.40. The van der Waals surface area contributed by atoms with Gasteiger partial charge in [-0.05, 0) is 30.7 Å². The molecule has 84 valence electrons. The normalized spacial score (nSPS) is 11.1. The smallest absolute Gasteiger partial charge is 0.341 e. The number of hydrogen-bond acceptors (Lipinski definition) is 3. The molecule has 0 spiro atoms. The molecule has 0 aromatic heterocycles. The van der Waals surface area contributed by atoms with Crippen molar-refractivity contribution in [3.05, 3.63) is 39.9 Å². The van der Waals surface area contributed by atoms with E-state index in [2.05, 4.69) is 20.7 Å². The second-order valence-electron chi connectivity index (χ2n) is 3.16. The molecule has 0 unspecified atom stereocenters. The Kier molecular flexibility index (Phi) is 4.43. The third-order valence-electron chi connectivity index (χ3n) is 1.94. The highest BCUT2D eigenvalue weighted by atomic mass is 79.9. The van der Waals surface area contributed by atoms with E-state index in [1.54, 1.807) is 6.07 Å². The van der Waals surface area contributed by atoms with E-state index in [9.17, 15) is 9.59 Å². The van der Waals surface area contributed by atoms with Crippen LogP contribution in [0.15, 0.2) is 34.3 Å². The monoisotopic (exact) mass is 282 g/mol. The Hall–Kier alpha value is -1.42. The van der Waals surface area contributed by atoms with Gasteiger partial charge in [0, 0.05) is 4.47 Å². The average molecular weight is 283 g/mol. The zero-order valence-corrected chi connectivity index (χ0v) is 10.6. The Bertz CT molecular complexity index is 449. The van der Waals surface area contributed by atoms with Gasteiger partial charge >= 0.3 is 5.97 Å². The van der Waals surface area contributed by atoms with Gasteiger partial charge in [-0.1, -0.05) is 28.1 Å². The molecule has 1 aromatic rings. The third-order valence-corrected chi connectivity index (χ3v) is 2.44. The summed E-state index contributed by atoms with van der Waals surface area (Å²) in [5, 5.41) is 0. The number of carbonyl (C=O) groups excluding carboxylic acids is 2. The van der Waals surface area contributed by atoms with Crippen LogP contribution in [-0.4, -0.2) is 18.9 Å². The fourth-order valence-corrected chi connectivity index (χ4v) is 1.59. The molecule has 1 aromatic carbocycles. The largest absolute Gasteiger partial charge is 0.465 e. The van der Waals surface area contributed by atoms with Crippen molar-refractivity contribution in [3.63, 3.8) is 0 Å². The standard InChI is InChI=1S/C12H11BrO3/c1-8(14)11(12(15)16-2)7-9-4-3-5-10(13)6-9/h3-7H,1-2H3/b11-7+. The molecule has 0 N–H and O–H groups in total. The first kappa shape index (κ1) is 12.6. The fourth-order valence-electron chi connectivity index (χ4n) is 1.18. The molecule has 16 heavy (non-hydrogen) atoms. The van der Waals surface area contributed by atoms with E-state index in [1.165, 1.54) is 20.1 Å². The van der Waals surface area contributed by atoms with E-state index in [0.29, 0.717) is 0 Å². The Morgan fingerprint density at radius 3 is 2.56 bits per heavy atom. The summed E-state index contributed by atoms with van der Waals surface area (Å²) in [6, 6.07) is 7.30. The number of hydrogen-bond donors (Lipinski definition) is 0. The lowest BCUT2D eigenvalue weighted by Crippen LogP contribution is -2.11. The van der Waals surface area contributed by atoms with Gasteiger partial charge in [0.1, 0.15) is 5.57 Å². The van der Waals surface area contributed by atoms with Crippen molar-refractivity contribution < 1.29 is 14.3 Å². The Morgan fingerprint density at radius 1 is 1.38 bits per heavy atom. The van der Waals surface area contributed by atoms with E-state index >= 15 is 0 Å². The van der Waals surface area contributed by atoms with Gasteiger partial charge in [-0.15, -0.1) is 0 Å². The van der Waals surface area contributed by atoms with Crippen LogP contribution < -0.4 is 0 Å². The summed E-state index contributed by atoms with van der Waals surface area (Å²) in [7, 11) is 1.25. The maximum Gasteiger partial charge on any atom is 0.341 e. The van der Waals surface area contributed by atoms with Crippen molar-refractivity contribution in [2.75, 3.05) is 7.11 Å². The van der Waals surface area contributed by atoms with Crippen molar-refractivity contribution in [1.29, 1.82) is 0 Å². The highest BCUT2D eigenvalue weighted by molar-refractivity contribution is 9.10. The zero-order valence-electron chi connectivity index (χ0n) is 8.99. The van der Waals surface area contributed by atoms with Crippen molar-refractivity contribution in [3.8, 4) is 0 Å². The molecule has 4 heteroatoms. The van der Waals surface area contributed by atoms with Crippen LogP contribution in [0.1, 0.15) is 12.5 Å². The molecule has 0 heterocycles. The van der Waals surface area contributed by atoms with Crippen LogP contribution >= 0.6 is 15.9 Å². The fraction of sp³-hybridized carbons (Fsp3) is 0.167. The molecule has 0 aliphatic carbocycles. The summed E-state index contributed by atoms with van der Waals surface area (Å²) in [6.45, 7) is 1.33. The zero-order chi connectivity index (χ0) is 12.1. The second kappa shape index (κ2) is 5.61. The van der Waals surface area contributed by atoms with Crippen LogP contribution in [0.2, 0.25) is 0 Å². The predicted molar refractivity (Wildman–Crippen MR) is 64.8 cm³/mol. The summed E-state index contributed by atoms with van der Waals surface area (Å²) in [5.74, 6) is -0.931. The third kappa shape index (κ3) is 3.31. The average Bonchev–Trinajstić information content (AvgIpc) is 2.24. The topological polar surface area (TPSA) is 43.4 Å². The maximum atomic E-state index is 11.3. The van der Waals surface area contributed by atoms with Gasteiger partial charge in [0.2, 0.25) is 0 Å². The lowest BCUT2D eigenvalue weighted by atomic mass is 10.1. The van der Waals surface area contributed by atoms with Gasteiger partial charge < -0.3 is 4.74 Å². The molecular weight excluding hydrogens is 272 g/mol. The molecule has 0 saturated heterocycles. The molecule has 0 radical (unpaired) electrons. The van der Waals surface area contributed by atoms with Gasteiger partial charge in [-0.25, -0.2) is 4.79 Å². The van der Waals surface area contributed by atoms with E-state index in [-0.39, 0.29) is 11.4 Å². The van der Waals surface area contributed by atoms with Crippen LogP contribution in [-0.2, 0) is 14.3 Å². The molecule has 0 aliphatic rings. The minimum atomic E-state index is -0.618. The van der Waals surface area contributed by atoms with Crippen molar-refractivity contribution in [1.82, 2.24) is 0 Å².